The third-order valence-electron chi connectivity index (χ3n) is 1.18. The molecule has 0 aliphatic heterocycles. The Morgan fingerprint density at radius 3 is 1.92 bits per heavy atom. The summed E-state index contributed by atoms with van der Waals surface area (Å²) in [4.78, 5) is 0. The lowest BCUT2D eigenvalue weighted by molar-refractivity contribution is 0.503. The molecule has 64 valence electrons. The summed E-state index contributed by atoms with van der Waals surface area (Å²) in [5.41, 5.74) is 11.8. The molecule has 0 saturated heterocycles. The van der Waals surface area contributed by atoms with Gasteiger partial charge in [0, 0.05) is 0 Å². The van der Waals surface area contributed by atoms with E-state index in [1.54, 1.807) is 0 Å². The minimum Gasteiger partial charge on any atom is -0.443 e. The van der Waals surface area contributed by atoms with E-state index in [2.05, 4.69) is 0 Å². The molecule has 4 heteroatoms. The topological polar surface area (TPSA) is 96.1 Å². The van der Waals surface area contributed by atoms with E-state index in [0.717, 1.165) is 11.8 Å². The fourth-order valence-corrected chi connectivity index (χ4v) is 0.675. The Labute approximate surface area is 71.0 Å². The highest BCUT2D eigenvalue weighted by Gasteiger charge is 1.93. The van der Waals surface area contributed by atoms with Crippen molar-refractivity contribution in [1.29, 1.82) is 5.26 Å². The van der Waals surface area contributed by atoms with E-state index in [0.29, 0.717) is 0 Å². The van der Waals surface area contributed by atoms with Crippen LogP contribution in [-0.4, -0.2) is 5.11 Å². The van der Waals surface area contributed by atoms with E-state index < -0.39 is 0 Å². The zero-order valence-corrected chi connectivity index (χ0v) is 6.51. The largest absolute Gasteiger partial charge is 0.443 e. The van der Waals surface area contributed by atoms with E-state index in [9.17, 15) is 0 Å². The summed E-state index contributed by atoms with van der Waals surface area (Å²) < 4.78 is 0. The van der Waals surface area contributed by atoms with Crippen molar-refractivity contribution in [2.24, 2.45) is 11.5 Å². The lowest BCUT2D eigenvalue weighted by atomic mass is 10.2. The lowest BCUT2D eigenvalue weighted by Crippen LogP contribution is -2.19. The average Bonchev–Trinajstić information content (AvgIpc) is 2.07. The van der Waals surface area contributed by atoms with Crippen LogP contribution in [0.2, 0.25) is 0 Å². The van der Waals surface area contributed by atoms with Gasteiger partial charge in [0.05, 0.1) is 6.17 Å². The van der Waals surface area contributed by atoms with Gasteiger partial charge in [-0.3, -0.25) is 0 Å². The SMILES string of the molecule is N#CO.NC(N)c1ccccc1. The Kier molecular flexibility index (Phi) is 5.35. The van der Waals surface area contributed by atoms with Crippen LogP contribution < -0.4 is 11.5 Å². The molecule has 5 N–H and O–H groups in total. The van der Waals surface area contributed by atoms with Gasteiger partial charge in [0.25, 0.3) is 6.26 Å². The van der Waals surface area contributed by atoms with Crippen molar-refractivity contribution in [3.63, 3.8) is 0 Å². The van der Waals surface area contributed by atoms with Crippen LogP contribution in [0, 0.1) is 11.5 Å². The summed E-state index contributed by atoms with van der Waals surface area (Å²) in [7, 11) is 0. The number of benzene rings is 1. The molecule has 1 aromatic carbocycles. The number of nitriles is 1. The highest BCUT2D eigenvalue weighted by Crippen LogP contribution is 2.01. The Morgan fingerprint density at radius 2 is 1.67 bits per heavy atom. The Morgan fingerprint density at radius 1 is 1.25 bits per heavy atom. The van der Waals surface area contributed by atoms with Crippen LogP contribution in [0.15, 0.2) is 30.3 Å². The van der Waals surface area contributed by atoms with Gasteiger partial charge in [-0.05, 0) is 5.56 Å². The molecule has 1 aromatic rings. The smallest absolute Gasteiger partial charge is 0.283 e. The van der Waals surface area contributed by atoms with E-state index in [4.69, 9.17) is 21.8 Å². The highest BCUT2D eigenvalue weighted by molar-refractivity contribution is 5.16. The summed E-state index contributed by atoms with van der Waals surface area (Å²) in [6.45, 7) is 0. The zero-order valence-electron chi connectivity index (χ0n) is 6.51. The molecule has 0 heterocycles. The predicted molar refractivity (Wildman–Crippen MR) is 45.1 cm³/mol. The summed E-state index contributed by atoms with van der Waals surface area (Å²) in [5, 5.41) is 13.8. The van der Waals surface area contributed by atoms with Gasteiger partial charge in [-0.1, -0.05) is 30.3 Å². The van der Waals surface area contributed by atoms with Crippen LogP contribution in [0.25, 0.3) is 0 Å². The van der Waals surface area contributed by atoms with Crippen molar-refractivity contribution in [2.75, 3.05) is 0 Å². The number of rotatable bonds is 1. The summed E-state index contributed by atoms with van der Waals surface area (Å²) in [6.07, 6.45) is 0.409. The van der Waals surface area contributed by atoms with Gasteiger partial charge in [-0.25, -0.2) is 0 Å². The predicted octanol–water partition coefficient (Wildman–Crippen LogP) is 0.443. The maximum Gasteiger partial charge on any atom is 0.283 e. The van der Waals surface area contributed by atoms with Gasteiger partial charge in [0.2, 0.25) is 0 Å². The van der Waals surface area contributed by atoms with Crippen LogP contribution in [0.5, 0.6) is 0 Å². The normalized spacial score (nSPS) is 8.17. The zero-order chi connectivity index (χ0) is 9.40. The van der Waals surface area contributed by atoms with Crippen molar-refractivity contribution in [2.45, 2.75) is 6.17 Å². The van der Waals surface area contributed by atoms with E-state index >= 15 is 0 Å². The molecule has 0 fully saturated rings. The van der Waals surface area contributed by atoms with Crippen molar-refractivity contribution in [3.8, 4) is 6.26 Å². The molecule has 0 aromatic heterocycles. The number of aliphatic hydroxyl groups is 1. The molecule has 12 heavy (non-hydrogen) atoms. The fourth-order valence-electron chi connectivity index (χ4n) is 0.675. The van der Waals surface area contributed by atoms with Gasteiger partial charge < -0.3 is 16.6 Å². The second-order valence-corrected chi connectivity index (χ2v) is 2.04. The third-order valence-corrected chi connectivity index (χ3v) is 1.18. The third kappa shape index (κ3) is 4.28. The van der Waals surface area contributed by atoms with Crippen LogP contribution >= 0.6 is 0 Å². The van der Waals surface area contributed by atoms with Crippen molar-refractivity contribution < 1.29 is 5.11 Å². The molecule has 1 rings (SSSR count). The monoisotopic (exact) mass is 165 g/mol. The summed E-state index contributed by atoms with van der Waals surface area (Å²) in [5.74, 6) is 0. The standard InChI is InChI=1S/C7H10N2.CHNO/c8-7(9)6-4-2-1-3-5-6;2-1-3/h1-5,7H,8-9H2;3H. The van der Waals surface area contributed by atoms with Crippen LogP contribution in [0.1, 0.15) is 11.7 Å². The van der Waals surface area contributed by atoms with Crippen LogP contribution in [-0.2, 0) is 0 Å². The summed E-state index contributed by atoms with van der Waals surface area (Å²) in [6, 6.07) is 9.59. The van der Waals surface area contributed by atoms with Gasteiger partial charge in [-0.15, -0.1) is 0 Å². The van der Waals surface area contributed by atoms with Gasteiger partial charge >= 0.3 is 0 Å². The van der Waals surface area contributed by atoms with Crippen LogP contribution in [0.4, 0.5) is 0 Å². The minimum atomic E-state index is -0.341. The quantitative estimate of drug-likeness (QED) is 0.415. The Hall–Kier alpha value is -1.57. The maximum absolute atomic E-state index is 6.88. The molecule has 0 atom stereocenters. The van der Waals surface area contributed by atoms with Gasteiger partial charge in [0.1, 0.15) is 0 Å². The molecule has 0 radical (unpaired) electrons. The van der Waals surface area contributed by atoms with Gasteiger partial charge in [-0.2, -0.15) is 5.26 Å². The van der Waals surface area contributed by atoms with E-state index in [1.165, 1.54) is 0 Å². The lowest BCUT2D eigenvalue weighted by Gasteiger charge is -2.02. The van der Waals surface area contributed by atoms with Crippen molar-refractivity contribution in [3.05, 3.63) is 35.9 Å². The first kappa shape index (κ1) is 10.4. The van der Waals surface area contributed by atoms with Crippen molar-refractivity contribution >= 4 is 0 Å². The highest BCUT2D eigenvalue weighted by atomic mass is 16.2. The van der Waals surface area contributed by atoms with Crippen molar-refractivity contribution in [1.82, 2.24) is 0 Å². The molecule has 0 aliphatic carbocycles. The first-order valence-corrected chi connectivity index (χ1v) is 3.31. The van der Waals surface area contributed by atoms with Gasteiger partial charge in [0.15, 0.2) is 0 Å². The number of nitrogens with zero attached hydrogens (tertiary/aromatic N) is 1. The molecule has 4 nitrogen and oxygen atoms in total. The second kappa shape index (κ2) is 6.16. The number of nitrogens with two attached hydrogens (primary N) is 2. The maximum atomic E-state index is 6.88. The second-order valence-electron chi connectivity index (χ2n) is 2.04. The molecular formula is C8H11N3O. The first-order valence-electron chi connectivity index (χ1n) is 3.31. The fraction of sp³-hybridized carbons (Fsp3) is 0.125. The Bertz CT molecular complexity index is 240. The number of aliphatic hydroxyl groups excluding tert-OH is 1. The molecule has 0 aliphatic rings. The molecule has 0 amide bonds. The van der Waals surface area contributed by atoms with Crippen LogP contribution in [0.3, 0.4) is 0 Å². The number of hydrogen-bond acceptors (Lipinski definition) is 4. The average molecular weight is 165 g/mol. The molecule has 0 bridgehead atoms. The molecule has 0 unspecified atom stereocenters. The Balaban J connectivity index is 0.000000354. The van der Waals surface area contributed by atoms with E-state index in [1.807, 2.05) is 30.3 Å². The first-order chi connectivity index (χ1) is 5.72. The van der Waals surface area contributed by atoms with E-state index in [-0.39, 0.29) is 6.17 Å². The molecule has 0 spiro atoms. The minimum absolute atomic E-state index is 0.341. The summed E-state index contributed by atoms with van der Waals surface area (Å²) >= 11 is 0. The number of hydrogen-bond donors (Lipinski definition) is 3. The molecular weight excluding hydrogens is 154 g/mol. The molecule has 0 saturated carbocycles.